The molecule has 0 unspecified atom stereocenters. The van der Waals surface area contributed by atoms with E-state index in [0.717, 1.165) is 11.3 Å². The Morgan fingerprint density at radius 2 is 2.17 bits per heavy atom. The van der Waals surface area contributed by atoms with E-state index in [2.05, 4.69) is 15.1 Å². The van der Waals surface area contributed by atoms with Gasteiger partial charge in [-0.2, -0.15) is 5.10 Å². The largest absolute Gasteiger partial charge is 0.316 e. The maximum Gasteiger partial charge on any atom is 0.262 e. The number of hydrogen-bond acceptors (Lipinski definition) is 3. The molecular formula is C12H10N4OS. The second-order valence-corrected chi connectivity index (χ2v) is 4.47. The van der Waals surface area contributed by atoms with Gasteiger partial charge in [0, 0.05) is 0 Å². The van der Waals surface area contributed by atoms with Crippen LogP contribution in [0.2, 0.25) is 0 Å². The normalized spacial score (nSPS) is 10.9. The Balaban J connectivity index is 2.37. The van der Waals surface area contributed by atoms with E-state index in [1.807, 2.05) is 31.2 Å². The summed E-state index contributed by atoms with van der Waals surface area (Å²) in [6, 6.07) is 7.87. The van der Waals surface area contributed by atoms with Gasteiger partial charge in [0.15, 0.2) is 4.77 Å². The molecule has 1 aromatic carbocycles. The van der Waals surface area contributed by atoms with Crippen molar-refractivity contribution in [2.75, 3.05) is 0 Å². The fourth-order valence-electron chi connectivity index (χ4n) is 1.90. The van der Waals surface area contributed by atoms with Crippen molar-refractivity contribution in [1.82, 2.24) is 19.7 Å². The first-order valence-electron chi connectivity index (χ1n) is 5.42. The summed E-state index contributed by atoms with van der Waals surface area (Å²) in [7, 11) is 0. The number of benzene rings is 1. The molecule has 0 saturated heterocycles. The summed E-state index contributed by atoms with van der Waals surface area (Å²) >= 11 is 4.98. The second-order valence-electron chi connectivity index (χ2n) is 4.07. The number of fused-ring (bicyclic) bond motifs is 1. The van der Waals surface area contributed by atoms with E-state index in [4.69, 9.17) is 12.2 Å². The van der Waals surface area contributed by atoms with E-state index < -0.39 is 0 Å². The molecule has 3 rings (SSSR count). The number of rotatable bonds is 1. The standard InChI is InChI=1S/C12H10N4OS/c1-7-3-2-4-8(5-7)16-10-9(6-13-16)11(17)15-12(18)14-10/h2-6H,1H3,(H2,14,15,17,18). The summed E-state index contributed by atoms with van der Waals surface area (Å²) in [6.07, 6.45) is 1.53. The maximum atomic E-state index is 11.7. The summed E-state index contributed by atoms with van der Waals surface area (Å²) in [5.74, 6) is 0. The summed E-state index contributed by atoms with van der Waals surface area (Å²) in [5.41, 5.74) is 2.39. The van der Waals surface area contributed by atoms with E-state index >= 15 is 0 Å². The topological polar surface area (TPSA) is 66.5 Å². The third-order valence-corrected chi connectivity index (χ3v) is 2.92. The first kappa shape index (κ1) is 10.9. The molecule has 6 heteroatoms. The number of nitrogens with one attached hydrogen (secondary N) is 2. The highest BCUT2D eigenvalue weighted by Crippen LogP contribution is 2.14. The molecule has 0 bridgehead atoms. The summed E-state index contributed by atoms with van der Waals surface area (Å²) < 4.78 is 1.97. The molecule has 0 aliphatic heterocycles. The van der Waals surface area contributed by atoms with Crippen molar-refractivity contribution in [3.05, 3.63) is 51.2 Å². The quantitative estimate of drug-likeness (QED) is 0.657. The van der Waals surface area contributed by atoms with Crippen LogP contribution >= 0.6 is 12.2 Å². The van der Waals surface area contributed by atoms with Gasteiger partial charge in [-0.3, -0.25) is 9.78 Å². The van der Waals surface area contributed by atoms with Crippen molar-refractivity contribution < 1.29 is 0 Å². The number of hydrogen-bond donors (Lipinski definition) is 2. The average molecular weight is 258 g/mol. The van der Waals surface area contributed by atoms with Crippen molar-refractivity contribution in [3.8, 4) is 5.69 Å². The SMILES string of the molecule is Cc1cccc(-n2ncc3c(=O)[nH]c(=S)[nH]c32)c1. The van der Waals surface area contributed by atoms with Crippen LogP contribution in [0.1, 0.15) is 5.56 Å². The van der Waals surface area contributed by atoms with Crippen LogP contribution in [0, 0.1) is 11.7 Å². The first-order valence-corrected chi connectivity index (χ1v) is 5.83. The highest BCUT2D eigenvalue weighted by molar-refractivity contribution is 7.71. The zero-order valence-electron chi connectivity index (χ0n) is 9.60. The van der Waals surface area contributed by atoms with E-state index in [1.54, 1.807) is 4.68 Å². The van der Waals surface area contributed by atoms with Gasteiger partial charge in [-0.1, -0.05) is 12.1 Å². The van der Waals surface area contributed by atoms with Gasteiger partial charge in [0.05, 0.1) is 11.9 Å². The molecular weight excluding hydrogens is 248 g/mol. The molecule has 5 nitrogen and oxygen atoms in total. The fourth-order valence-corrected chi connectivity index (χ4v) is 2.09. The maximum absolute atomic E-state index is 11.7. The number of aryl methyl sites for hydroxylation is 1. The van der Waals surface area contributed by atoms with Crippen LogP contribution in [0.25, 0.3) is 16.7 Å². The average Bonchev–Trinajstić information content (AvgIpc) is 2.72. The second kappa shape index (κ2) is 3.92. The van der Waals surface area contributed by atoms with Gasteiger partial charge in [0.25, 0.3) is 5.56 Å². The molecule has 3 aromatic rings. The van der Waals surface area contributed by atoms with Crippen molar-refractivity contribution in [3.63, 3.8) is 0 Å². The van der Waals surface area contributed by atoms with Gasteiger partial charge in [-0.15, -0.1) is 0 Å². The molecule has 0 aliphatic carbocycles. The van der Waals surface area contributed by atoms with Crippen molar-refractivity contribution in [1.29, 1.82) is 0 Å². The lowest BCUT2D eigenvalue weighted by molar-refractivity contribution is 0.891. The summed E-state index contributed by atoms with van der Waals surface area (Å²) in [4.78, 5) is 17.2. The van der Waals surface area contributed by atoms with Crippen LogP contribution < -0.4 is 5.56 Å². The molecule has 0 saturated carbocycles. The molecule has 2 aromatic heterocycles. The predicted octanol–water partition coefficient (Wildman–Crippen LogP) is 2.08. The third kappa shape index (κ3) is 1.67. The minimum Gasteiger partial charge on any atom is -0.316 e. The number of aromatic amines is 2. The van der Waals surface area contributed by atoms with Crippen molar-refractivity contribution in [2.45, 2.75) is 6.92 Å². The molecule has 0 radical (unpaired) electrons. The highest BCUT2D eigenvalue weighted by Gasteiger charge is 2.08. The Morgan fingerprint density at radius 3 is 2.94 bits per heavy atom. The predicted molar refractivity (Wildman–Crippen MR) is 71.6 cm³/mol. The zero-order valence-corrected chi connectivity index (χ0v) is 10.4. The lowest BCUT2D eigenvalue weighted by Crippen LogP contribution is -2.08. The molecule has 0 aliphatic rings. The number of nitrogens with zero attached hydrogens (tertiary/aromatic N) is 2. The summed E-state index contributed by atoms with van der Waals surface area (Å²) in [5, 5.41) is 4.72. The first-order chi connectivity index (χ1) is 8.65. The molecule has 0 amide bonds. The smallest absolute Gasteiger partial charge is 0.262 e. The summed E-state index contributed by atoms with van der Waals surface area (Å²) in [6.45, 7) is 2.00. The highest BCUT2D eigenvalue weighted by atomic mass is 32.1. The third-order valence-electron chi connectivity index (χ3n) is 2.72. The van der Waals surface area contributed by atoms with Crippen LogP contribution in [0.3, 0.4) is 0 Å². The molecule has 0 fully saturated rings. The number of H-pyrrole nitrogens is 2. The Morgan fingerprint density at radius 1 is 1.33 bits per heavy atom. The molecule has 18 heavy (non-hydrogen) atoms. The van der Waals surface area contributed by atoms with Crippen LogP contribution in [0.15, 0.2) is 35.3 Å². The number of aromatic nitrogens is 4. The van der Waals surface area contributed by atoms with Gasteiger partial charge in [-0.25, -0.2) is 4.68 Å². The Kier molecular flexibility index (Phi) is 2.38. The fraction of sp³-hybridized carbons (Fsp3) is 0.0833. The molecule has 90 valence electrons. The molecule has 2 N–H and O–H groups in total. The molecule has 0 spiro atoms. The Bertz CT molecular complexity index is 843. The monoisotopic (exact) mass is 258 g/mol. The van der Waals surface area contributed by atoms with Gasteiger partial charge in [0.1, 0.15) is 11.0 Å². The molecule has 2 heterocycles. The Hall–Kier alpha value is -2.21. The van der Waals surface area contributed by atoms with Crippen molar-refractivity contribution >= 4 is 23.3 Å². The van der Waals surface area contributed by atoms with E-state index in [1.165, 1.54) is 6.20 Å². The van der Waals surface area contributed by atoms with E-state index in [-0.39, 0.29) is 5.56 Å². The van der Waals surface area contributed by atoms with Crippen molar-refractivity contribution in [2.24, 2.45) is 0 Å². The lowest BCUT2D eigenvalue weighted by Gasteiger charge is -2.03. The van der Waals surface area contributed by atoms with E-state index in [0.29, 0.717) is 15.8 Å². The lowest BCUT2D eigenvalue weighted by atomic mass is 10.2. The zero-order chi connectivity index (χ0) is 12.7. The van der Waals surface area contributed by atoms with E-state index in [9.17, 15) is 4.79 Å². The van der Waals surface area contributed by atoms with Gasteiger partial charge >= 0.3 is 0 Å². The van der Waals surface area contributed by atoms with Crippen LogP contribution in [0.4, 0.5) is 0 Å². The van der Waals surface area contributed by atoms with Gasteiger partial charge in [0.2, 0.25) is 0 Å². The van der Waals surface area contributed by atoms with Gasteiger partial charge < -0.3 is 4.98 Å². The van der Waals surface area contributed by atoms with Crippen LogP contribution in [0.5, 0.6) is 0 Å². The van der Waals surface area contributed by atoms with Gasteiger partial charge in [-0.05, 0) is 36.8 Å². The molecule has 0 atom stereocenters. The van der Waals surface area contributed by atoms with Crippen LogP contribution in [-0.4, -0.2) is 19.7 Å². The Labute approximate surface area is 107 Å². The minimum absolute atomic E-state index is 0.229. The van der Waals surface area contributed by atoms with Crippen LogP contribution in [-0.2, 0) is 0 Å². The minimum atomic E-state index is -0.229.